The first-order valence-corrected chi connectivity index (χ1v) is 11.9. The van der Waals surface area contributed by atoms with Crippen LogP contribution in [0.1, 0.15) is 17.2 Å². The van der Waals surface area contributed by atoms with Gasteiger partial charge in [0.2, 0.25) is 5.91 Å². The van der Waals surface area contributed by atoms with Crippen LogP contribution in [0.25, 0.3) is 0 Å². The molecule has 0 aliphatic carbocycles. The zero-order valence-electron chi connectivity index (χ0n) is 16.9. The molecule has 0 spiro atoms. The molecule has 1 fully saturated rings. The van der Waals surface area contributed by atoms with Gasteiger partial charge in [-0.1, -0.05) is 76.2 Å². The molecule has 3 nitrogen and oxygen atoms in total. The van der Waals surface area contributed by atoms with E-state index in [2.05, 4.69) is 4.90 Å². The minimum absolute atomic E-state index is 0.0270. The molecular formula is C24H19Cl5N2O. The van der Waals surface area contributed by atoms with Gasteiger partial charge in [-0.2, -0.15) is 0 Å². The second kappa shape index (κ2) is 10.1. The molecule has 1 aliphatic heterocycles. The van der Waals surface area contributed by atoms with E-state index in [1.54, 1.807) is 24.3 Å². The first-order valence-electron chi connectivity index (χ1n) is 10.0. The number of hydrogen-bond acceptors (Lipinski definition) is 2. The summed E-state index contributed by atoms with van der Waals surface area (Å²) >= 11 is 31.3. The highest BCUT2D eigenvalue weighted by Crippen LogP contribution is 2.37. The second-order valence-electron chi connectivity index (χ2n) is 7.57. The van der Waals surface area contributed by atoms with Crippen molar-refractivity contribution in [2.45, 2.75) is 12.5 Å². The largest absolute Gasteiger partial charge is 0.360 e. The third-order valence-electron chi connectivity index (χ3n) is 5.60. The van der Waals surface area contributed by atoms with E-state index < -0.39 is 0 Å². The van der Waals surface area contributed by atoms with Crippen LogP contribution in [-0.2, 0) is 11.2 Å². The second-order valence-corrected chi connectivity index (χ2v) is 9.67. The lowest BCUT2D eigenvalue weighted by Crippen LogP contribution is -2.51. The molecule has 1 atom stereocenters. The SMILES string of the molecule is O=C(Cc1c(Cl)cccc1Cl)N1CCN(c2ccc(Cl)cc2Cl)C(c2ccc(Cl)cc2)C1. The monoisotopic (exact) mass is 526 g/mol. The van der Waals surface area contributed by atoms with Crippen LogP contribution in [0.15, 0.2) is 60.7 Å². The van der Waals surface area contributed by atoms with E-state index in [4.69, 9.17) is 58.0 Å². The van der Waals surface area contributed by atoms with E-state index in [9.17, 15) is 4.79 Å². The summed E-state index contributed by atoms with van der Waals surface area (Å²) in [5, 5.41) is 2.78. The van der Waals surface area contributed by atoms with Crippen LogP contribution in [0, 0.1) is 0 Å². The van der Waals surface area contributed by atoms with Crippen LogP contribution in [0.2, 0.25) is 25.1 Å². The number of halogens is 5. The Bertz CT molecular complexity index is 1120. The van der Waals surface area contributed by atoms with Gasteiger partial charge in [-0.05, 0) is 53.6 Å². The van der Waals surface area contributed by atoms with E-state index >= 15 is 0 Å². The summed E-state index contributed by atoms with van der Waals surface area (Å²) in [4.78, 5) is 17.2. The lowest BCUT2D eigenvalue weighted by molar-refractivity contribution is -0.131. The van der Waals surface area contributed by atoms with Gasteiger partial charge in [0, 0.05) is 39.7 Å². The normalized spacial score (nSPS) is 16.3. The molecular weight excluding hydrogens is 510 g/mol. The Balaban J connectivity index is 1.62. The van der Waals surface area contributed by atoms with E-state index in [1.807, 2.05) is 41.3 Å². The third-order valence-corrected chi connectivity index (χ3v) is 7.09. The number of amides is 1. The maximum absolute atomic E-state index is 13.2. The highest BCUT2D eigenvalue weighted by atomic mass is 35.5. The molecule has 1 amide bonds. The molecule has 0 radical (unpaired) electrons. The Morgan fingerprint density at radius 1 is 0.812 bits per heavy atom. The molecule has 1 saturated heterocycles. The average molecular weight is 529 g/mol. The van der Waals surface area contributed by atoms with Gasteiger partial charge in [0.1, 0.15) is 0 Å². The van der Waals surface area contributed by atoms with Gasteiger partial charge in [0.25, 0.3) is 0 Å². The summed E-state index contributed by atoms with van der Waals surface area (Å²) in [6, 6.07) is 18.3. The number of rotatable bonds is 4. The molecule has 1 heterocycles. The van der Waals surface area contributed by atoms with Crippen molar-refractivity contribution in [3.8, 4) is 0 Å². The van der Waals surface area contributed by atoms with Gasteiger partial charge in [-0.15, -0.1) is 0 Å². The highest BCUT2D eigenvalue weighted by molar-refractivity contribution is 6.37. The van der Waals surface area contributed by atoms with Crippen molar-refractivity contribution in [2.24, 2.45) is 0 Å². The fraction of sp³-hybridized carbons (Fsp3) is 0.208. The van der Waals surface area contributed by atoms with E-state index in [0.29, 0.717) is 50.3 Å². The lowest BCUT2D eigenvalue weighted by Gasteiger charge is -2.43. The van der Waals surface area contributed by atoms with Crippen LogP contribution < -0.4 is 4.90 Å². The molecule has 0 aromatic heterocycles. The van der Waals surface area contributed by atoms with Crippen molar-refractivity contribution in [2.75, 3.05) is 24.5 Å². The first kappa shape index (κ1) is 23.5. The quantitative estimate of drug-likeness (QED) is 0.348. The van der Waals surface area contributed by atoms with E-state index in [-0.39, 0.29) is 18.4 Å². The summed E-state index contributed by atoms with van der Waals surface area (Å²) in [6.07, 6.45) is 0.146. The summed E-state index contributed by atoms with van der Waals surface area (Å²) in [6.45, 7) is 1.64. The predicted molar refractivity (Wildman–Crippen MR) is 135 cm³/mol. The fourth-order valence-corrected chi connectivity index (χ4v) is 5.12. The van der Waals surface area contributed by atoms with E-state index in [1.165, 1.54) is 0 Å². The summed E-state index contributed by atoms with van der Waals surface area (Å²) < 4.78 is 0. The smallest absolute Gasteiger partial charge is 0.227 e. The molecule has 0 saturated carbocycles. The van der Waals surface area contributed by atoms with Crippen LogP contribution in [0.4, 0.5) is 5.69 Å². The van der Waals surface area contributed by atoms with E-state index in [0.717, 1.165) is 11.3 Å². The first-order chi connectivity index (χ1) is 15.3. The van der Waals surface area contributed by atoms with Crippen molar-refractivity contribution in [1.29, 1.82) is 0 Å². The van der Waals surface area contributed by atoms with Gasteiger partial charge in [0.05, 0.1) is 23.2 Å². The molecule has 1 unspecified atom stereocenters. The van der Waals surface area contributed by atoms with Crippen LogP contribution in [-0.4, -0.2) is 30.4 Å². The summed E-state index contributed by atoms with van der Waals surface area (Å²) in [5.74, 6) is -0.0270. The predicted octanol–water partition coefficient (Wildman–Crippen LogP) is 7.59. The Morgan fingerprint density at radius 2 is 1.47 bits per heavy atom. The highest BCUT2D eigenvalue weighted by Gasteiger charge is 2.32. The third kappa shape index (κ3) is 5.13. The van der Waals surface area contributed by atoms with Crippen molar-refractivity contribution in [1.82, 2.24) is 4.90 Å². The minimum Gasteiger partial charge on any atom is -0.360 e. The number of piperazine rings is 1. The van der Waals surface area contributed by atoms with Crippen LogP contribution >= 0.6 is 58.0 Å². The molecule has 3 aromatic carbocycles. The molecule has 166 valence electrons. The number of hydrogen-bond donors (Lipinski definition) is 0. The topological polar surface area (TPSA) is 23.6 Å². The molecule has 8 heteroatoms. The van der Waals surface area contributed by atoms with Gasteiger partial charge >= 0.3 is 0 Å². The number of benzene rings is 3. The molecule has 4 rings (SSSR count). The summed E-state index contributed by atoms with van der Waals surface area (Å²) in [7, 11) is 0. The van der Waals surface area contributed by atoms with Crippen LogP contribution in [0.3, 0.4) is 0 Å². The minimum atomic E-state index is -0.106. The van der Waals surface area contributed by atoms with Crippen molar-refractivity contribution < 1.29 is 4.79 Å². The zero-order chi connectivity index (χ0) is 22.8. The van der Waals surface area contributed by atoms with Gasteiger partial charge in [-0.25, -0.2) is 0 Å². The van der Waals surface area contributed by atoms with Crippen molar-refractivity contribution >= 4 is 69.6 Å². The standard InChI is InChI=1S/C24H19Cl5N2O/c25-16-6-4-15(5-7-16)23-14-30(24(32)13-18-19(27)2-1-3-20(18)28)10-11-31(23)22-9-8-17(26)12-21(22)29/h1-9,12,23H,10-11,13-14H2. The fourth-order valence-electron chi connectivity index (χ4n) is 3.95. The Hall–Kier alpha value is -1.62. The van der Waals surface area contributed by atoms with Gasteiger partial charge < -0.3 is 9.80 Å². The lowest BCUT2D eigenvalue weighted by atomic mass is 10.0. The van der Waals surface area contributed by atoms with Gasteiger partial charge in [-0.3, -0.25) is 4.79 Å². The van der Waals surface area contributed by atoms with Crippen molar-refractivity contribution in [3.63, 3.8) is 0 Å². The average Bonchev–Trinajstić information content (AvgIpc) is 2.77. The van der Waals surface area contributed by atoms with Crippen LogP contribution in [0.5, 0.6) is 0 Å². The molecule has 1 aliphatic rings. The number of carbonyl (C=O) groups is 1. The molecule has 0 N–H and O–H groups in total. The number of anilines is 1. The zero-order valence-corrected chi connectivity index (χ0v) is 20.7. The Kier molecular flexibility index (Phi) is 7.44. The Labute approximate surface area is 212 Å². The maximum Gasteiger partial charge on any atom is 0.227 e. The maximum atomic E-state index is 13.2. The number of nitrogens with zero attached hydrogens (tertiary/aromatic N) is 2. The van der Waals surface area contributed by atoms with Gasteiger partial charge in [0.15, 0.2) is 0 Å². The number of carbonyl (C=O) groups excluding carboxylic acids is 1. The molecule has 0 bridgehead atoms. The molecule has 32 heavy (non-hydrogen) atoms. The van der Waals surface area contributed by atoms with Crippen molar-refractivity contribution in [3.05, 3.63) is 96.9 Å². The summed E-state index contributed by atoms with van der Waals surface area (Å²) in [5.41, 5.74) is 2.55. The molecule has 3 aromatic rings. The Morgan fingerprint density at radius 3 is 2.12 bits per heavy atom.